The highest BCUT2D eigenvalue weighted by Crippen LogP contribution is 2.27. The topological polar surface area (TPSA) is 101 Å². The monoisotopic (exact) mass is 508 g/mol. The van der Waals surface area contributed by atoms with E-state index < -0.39 is 21.7 Å². The number of nitrogens with zero attached hydrogens (tertiary/aromatic N) is 2. The van der Waals surface area contributed by atoms with E-state index in [4.69, 9.17) is 16.3 Å². The van der Waals surface area contributed by atoms with Crippen molar-refractivity contribution in [2.24, 2.45) is 0 Å². The van der Waals surface area contributed by atoms with E-state index in [1.54, 1.807) is 25.3 Å². The Morgan fingerprint density at radius 3 is 2.71 bits per heavy atom. The van der Waals surface area contributed by atoms with Crippen LogP contribution in [-0.2, 0) is 14.8 Å². The van der Waals surface area contributed by atoms with Gasteiger partial charge < -0.3 is 15.4 Å². The third-order valence-corrected chi connectivity index (χ3v) is 7.29. The molecule has 2 aromatic carbocycles. The first-order valence-corrected chi connectivity index (χ1v) is 12.5. The molecule has 1 heterocycles. The normalized spacial score (nSPS) is 11.6. The summed E-state index contributed by atoms with van der Waals surface area (Å²) in [6, 6.07) is 10.6. The second-order valence-corrected chi connectivity index (χ2v) is 9.72. The number of hydrogen-bond donors (Lipinski definition) is 2. The summed E-state index contributed by atoms with van der Waals surface area (Å²) in [5.74, 6) is -1.15. The molecule has 11 heteroatoms. The highest BCUT2D eigenvalue weighted by atomic mass is 35.5. The van der Waals surface area contributed by atoms with E-state index in [2.05, 4.69) is 15.6 Å². The number of ether oxygens (including phenoxy) is 1. The molecule has 0 saturated carbocycles. The molecule has 182 valence electrons. The first kappa shape index (κ1) is 25.7. The minimum absolute atomic E-state index is 0.0113. The van der Waals surface area contributed by atoms with E-state index in [9.17, 15) is 17.6 Å². The van der Waals surface area contributed by atoms with Crippen molar-refractivity contribution < 1.29 is 22.3 Å². The molecule has 0 aliphatic carbocycles. The van der Waals surface area contributed by atoms with Crippen LogP contribution in [0.2, 0.25) is 5.02 Å². The highest BCUT2D eigenvalue weighted by molar-refractivity contribution is 7.89. The number of sulfonamides is 1. The number of methoxy groups -OCH3 is 1. The number of carbonyl (C=O) groups is 1. The third-order valence-electron chi connectivity index (χ3n) is 5.11. The van der Waals surface area contributed by atoms with Crippen LogP contribution in [0.1, 0.15) is 13.3 Å². The van der Waals surface area contributed by atoms with Gasteiger partial charge in [0.05, 0.1) is 19.2 Å². The number of nitrogens with one attached hydrogen (secondary N) is 2. The van der Waals surface area contributed by atoms with Crippen molar-refractivity contribution in [2.45, 2.75) is 18.2 Å². The fraction of sp³-hybridized carbons (Fsp3) is 0.304. The van der Waals surface area contributed by atoms with E-state index in [0.717, 1.165) is 33.0 Å². The minimum atomic E-state index is -4.13. The molecule has 0 unspecified atom stereocenters. The summed E-state index contributed by atoms with van der Waals surface area (Å²) in [4.78, 5) is 16.4. The molecular weight excluding hydrogens is 483 g/mol. The Morgan fingerprint density at radius 2 is 1.97 bits per heavy atom. The number of amides is 1. The van der Waals surface area contributed by atoms with Crippen molar-refractivity contribution in [3.8, 4) is 5.75 Å². The predicted octanol–water partition coefficient (Wildman–Crippen LogP) is 3.66. The lowest BCUT2D eigenvalue weighted by Crippen LogP contribution is -2.41. The second kappa shape index (κ2) is 11.5. The summed E-state index contributed by atoms with van der Waals surface area (Å²) in [5, 5.41) is 7.58. The Balaban J connectivity index is 1.53. The largest absolute Gasteiger partial charge is 0.495 e. The zero-order valence-corrected chi connectivity index (χ0v) is 20.4. The van der Waals surface area contributed by atoms with E-state index >= 15 is 0 Å². The number of rotatable bonds is 11. The SMILES string of the molecule is CCN(CC(=O)NCCCNc1ccnc2cc(Cl)ccc12)S(=O)(=O)c1cc(F)ccc1OC. The Kier molecular flexibility index (Phi) is 8.65. The number of halogens is 2. The van der Waals surface area contributed by atoms with Gasteiger partial charge in [0.2, 0.25) is 15.9 Å². The third kappa shape index (κ3) is 6.13. The Labute approximate surface area is 203 Å². The van der Waals surface area contributed by atoms with Crippen LogP contribution in [0.3, 0.4) is 0 Å². The van der Waals surface area contributed by atoms with E-state index in [0.29, 0.717) is 24.5 Å². The first-order valence-electron chi connectivity index (χ1n) is 10.6. The molecule has 1 aromatic heterocycles. The van der Waals surface area contributed by atoms with Gasteiger partial charge in [-0.15, -0.1) is 0 Å². The van der Waals surface area contributed by atoms with Crippen LogP contribution in [0.4, 0.5) is 10.1 Å². The lowest BCUT2D eigenvalue weighted by atomic mass is 10.2. The van der Waals surface area contributed by atoms with Crippen LogP contribution in [-0.4, -0.2) is 56.9 Å². The number of benzene rings is 2. The molecule has 0 atom stereocenters. The number of fused-ring (bicyclic) bond motifs is 1. The molecule has 34 heavy (non-hydrogen) atoms. The van der Waals surface area contributed by atoms with E-state index in [1.165, 1.54) is 13.2 Å². The van der Waals surface area contributed by atoms with Crippen LogP contribution in [0, 0.1) is 5.82 Å². The smallest absolute Gasteiger partial charge is 0.247 e. The number of carbonyl (C=O) groups excluding carboxylic acids is 1. The van der Waals surface area contributed by atoms with Crippen molar-refractivity contribution >= 4 is 44.1 Å². The fourth-order valence-corrected chi connectivity index (χ4v) is 5.13. The lowest BCUT2D eigenvalue weighted by Gasteiger charge is -2.21. The minimum Gasteiger partial charge on any atom is -0.495 e. The summed E-state index contributed by atoms with van der Waals surface area (Å²) in [7, 11) is -2.83. The van der Waals surface area contributed by atoms with Crippen LogP contribution >= 0.6 is 11.6 Å². The number of hydrogen-bond acceptors (Lipinski definition) is 6. The summed E-state index contributed by atoms with van der Waals surface area (Å²) in [6.45, 7) is 2.18. The van der Waals surface area contributed by atoms with Crippen LogP contribution in [0.5, 0.6) is 5.75 Å². The summed E-state index contributed by atoms with van der Waals surface area (Å²) < 4.78 is 45.6. The molecule has 0 radical (unpaired) electrons. The molecule has 0 spiro atoms. The van der Waals surface area contributed by atoms with Gasteiger partial charge in [0.1, 0.15) is 16.5 Å². The Bertz CT molecular complexity index is 1270. The molecule has 0 bridgehead atoms. The number of aromatic nitrogens is 1. The van der Waals surface area contributed by atoms with Crippen molar-refractivity contribution in [2.75, 3.05) is 38.6 Å². The lowest BCUT2D eigenvalue weighted by molar-refractivity contribution is -0.121. The first-order chi connectivity index (χ1) is 16.3. The van der Waals surface area contributed by atoms with Gasteiger partial charge in [-0.1, -0.05) is 18.5 Å². The molecule has 0 fully saturated rings. The molecule has 1 amide bonds. The number of pyridine rings is 1. The van der Waals surface area contributed by atoms with Gasteiger partial charge >= 0.3 is 0 Å². The molecule has 8 nitrogen and oxygen atoms in total. The van der Waals surface area contributed by atoms with Gasteiger partial charge in [-0.05, 0) is 48.9 Å². The Morgan fingerprint density at radius 1 is 1.18 bits per heavy atom. The quantitative estimate of drug-likeness (QED) is 0.383. The maximum atomic E-state index is 13.7. The number of likely N-dealkylation sites (N-methyl/N-ethyl adjacent to an activating group) is 1. The van der Waals surface area contributed by atoms with Crippen molar-refractivity contribution in [3.05, 3.63) is 59.5 Å². The van der Waals surface area contributed by atoms with E-state index in [1.807, 2.05) is 12.1 Å². The van der Waals surface area contributed by atoms with Gasteiger partial charge in [-0.2, -0.15) is 4.31 Å². The van der Waals surface area contributed by atoms with E-state index in [-0.39, 0.29) is 23.7 Å². The number of anilines is 1. The highest BCUT2D eigenvalue weighted by Gasteiger charge is 2.28. The maximum absolute atomic E-state index is 13.7. The van der Waals surface area contributed by atoms with Gasteiger partial charge in [-0.3, -0.25) is 9.78 Å². The molecule has 0 aliphatic rings. The Hall–Kier alpha value is -2.95. The van der Waals surface area contributed by atoms with Crippen molar-refractivity contribution in [3.63, 3.8) is 0 Å². The molecule has 3 aromatic rings. The average Bonchev–Trinajstić information content (AvgIpc) is 2.82. The average molecular weight is 509 g/mol. The van der Waals surface area contributed by atoms with Crippen molar-refractivity contribution in [1.29, 1.82) is 0 Å². The predicted molar refractivity (Wildman–Crippen MR) is 130 cm³/mol. The second-order valence-electron chi connectivity index (χ2n) is 7.38. The summed E-state index contributed by atoms with van der Waals surface area (Å²) in [6.07, 6.45) is 2.30. The van der Waals surface area contributed by atoms with Crippen LogP contribution < -0.4 is 15.4 Å². The fourth-order valence-electron chi connectivity index (χ4n) is 3.39. The molecule has 2 N–H and O–H groups in total. The van der Waals surface area contributed by atoms with Gasteiger partial charge in [-0.25, -0.2) is 12.8 Å². The molecule has 3 rings (SSSR count). The van der Waals surface area contributed by atoms with Gasteiger partial charge in [0, 0.05) is 41.9 Å². The standard InChI is InChI=1S/C23H26ClFN4O4S/c1-3-29(34(31,32)22-14-17(25)6-8-21(22)33-2)15-23(30)28-11-4-10-26-19-9-12-27-20-13-16(24)5-7-18(19)20/h5-9,12-14H,3-4,10-11,15H2,1-2H3,(H,26,27)(H,28,30). The van der Waals surface area contributed by atoms with Crippen LogP contribution in [0.25, 0.3) is 10.9 Å². The van der Waals surface area contributed by atoms with Crippen LogP contribution in [0.15, 0.2) is 53.6 Å². The molecule has 0 aliphatic heterocycles. The molecular formula is C23H26ClFN4O4S. The zero-order chi connectivity index (χ0) is 24.7. The molecule has 0 saturated heterocycles. The maximum Gasteiger partial charge on any atom is 0.247 e. The summed E-state index contributed by atoms with van der Waals surface area (Å²) in [5.41, 5.74) is 1.68. The van der Waals surface area contributed by atoms with Gasteiger partial charge in [0.25, 0.3) is 0 Å². The zero-order valence-electron chi connectivity index (χ0n) is 18.8. The van der Waals surface area contributed by atoms with Crippen molar-refractivity contribution in [1.82, 2.24) is 14.6 Å². The van der Waals surface area contributed by atoms with Gasteiger partial charge in [0.15, 0.2) is 0 Å². The summed E-state index contributed by atoms with van der Waals surface area (Å²) >= 11 is 6.01.